The van der Waals surface area contributed by atoms with Crippen molar-refractivity contribution in [3.63, 3.8) is 0 Å². The van der Waals surface area contributed by atoms with Crippen molar-refractivity contribution in [2.75, 3.05) is 40.5 Å². The number of rotatable bonds is 9. The molecule has 1 aromatic carbocycles. The molecule has 7 nitrogen and oxygen atoms in total. The lowest BCUT2D eigenvalue weighted by Gasteiger charge is -2.32. The second-order valence-electron chi connectivity index (χ2n) is 6.94. The van der Waals surface area contributed by atoms with Gasteiger partial charge in [-0.25, -0.2) is 9.59 Å². The Bertz CT molecular complexity index is 909. The normalized spacial score (nSPS) is 16.7. The Morgan fingerprint density at radius 3 is 2.44 bits per heavy atom. The summed E-state index contributed by atoms with van der Waals surface area (Å²) in [4.78, 5) is 25.6. The van der Waals surface area contributed by atoms with E-state index in [1.807, 2.05) is 0 Å². The Morgan fingerprint density at radius 2 is 1.84 bits per heavy atom. The van der Waals surface area contributed by atoms with Crippen molar-refractivity contribution in [2.24, 2.45) is 0 Å². The number of ether oxygens (including phenoxy) is 3. The molecule has 1 atom stereocenters. The number of hydrogen-bond acceptors (Lipinski definition) is 7. The number of carbonyl (C=O) groups is 2. The van der Waals surface area contributed by atoms with Gasteiger partial charge in [0.2, 0.25) is 0 Å². The van der Waals surface area contributed by atoms with E-state index in [2.05, 4.69) is 10.6 Å². The number of carbonyl (C=O) groups excluding carboxylic acids is 2. The Kier molecular flexibility index (Phi) is 8.85. The molecule has 32 heavy (non-hydrogen) atoms. The number of esters is 2. The van der Waals surface area contributed by atoms with Gasteiger partial charge in [-0.15, -0.1) is 0 Å². The van der Waals surface area contributed by atoms with Crippen LogP contribution in [-0.2, 0) is 30.0 Å². The summed E-state index contributed by atoms with van der Waals surface area (Å²) in [7, 11) is 2.87. The van der Waals surface area contributed by atoms with Gasteiger partial charge in [-0.05, 0) is 32.5 Å². The van der Waals surface area contributed by atoms with Gasteiger partial charge in [0.1, 0.15) is 0 Å². The quantitative estimate of drug-likeness (QED) is 0.437. The molecule has 1 unspecified atom stereocenters. The highest BCUT2D eigenvalue weighted by Crippen LogP contribution is 2.44. The molecule has 10 heteroatoms. The SMILES string of the molecule is CCOC(=O)C1=C(COCCNC)NC(C)=C(C(=O)OC)C1c1ccccc1C(F)(F)F. The zero-order valence-electron chi connectivity index (χ0n) is 18.4. The maximum Gasteiger partial charge on any atom is 0.416 e. The summed E-state index contributed by atoms with van der Waals surface area (Å²) in [6, 6.07) is 4.82. The van der Waals surface area contributed by atoms with E-state index >= 15 is 0 Å². The lowest BCUT2D eigenvalue weighted by atomic mass is 9.78. The number of dihydropyridines is 1. The molecule has 2 rings (SSSR count). The van der Waals surface area contributed by atoms with Crippen molar-refractivity contribution >= 4 is 11.9 Å². The van der Waals surface area contributed by atoms with Crippen molar-refractivity contribution in [2.45, 2.75) is 25.9 Å². The van der Waals surface area contributed by atoms with Crippen LogP contribution in [0.2, 0.25) is 0 Å². The van der Waals surface area contributed by atoms with Crippen molar-refractivity contribution in [1.82, 2.24) is 10.6 Å². The van der Waals surface area contributed by atoms with Gasteiger partial charge in [0.05, 0.1) is 55.3 Å². The van der Waals surface area contributed by atoms with Crippen LogP contribution in [0.25, 0.3) is 0 Å². The Hall–Kier alpha value is -2.85. The molecule has 0 bridgehead atoms. The summed E-state index contributed by atoms with van der Waals surface area (Å²) in [6.45, 7) is 3.86. The molecule has 1 aliphatic rings. The van der Waals surface area contributed by atoms with E-state index in [9.17, 15) is 22.8 Å². The highest BCUT2D eigenvalue weighted by Gasteiger charge is 2.43. The minimum Gasteiger partial charge on any atom is -0.466 e. The fraction of sp³-hybridized carbons (Fsp3) is 0.455. The molecule has 0 fully saturated rings. The van der Waals surface area contributed by atoms with Crippen molar-refractivity contribution in [1.29, 1.82) is 0 Å². The fourth-order valence-corrected chi connectivity index (χ4v) is 3.51. The zero-order valence-corrected chi connectivity index (χ0v) is 18.4. The number of halogens is 3. The first-order valence-electron chi connectivity index (χ1n) is 10.0. The third-order valence-electron chi connectivity index (χ3n) is 4.87. The number of allylic oxidation sites excluding steroid dienone is 1. The molecule has 1 aromatic rings. The monoisotopic (exact) mass is 456 g/mol. The minimum absolute atomic E-state index is 0.000116. The standard InChI is InChI=1S/C22H27F3N2O5/c1-5-32-21(29)19-16(12-31-11-10-26-3)27-13(2)17(20(28)30-4)18(19)14-8-6-7-9-15(14)22(23,24)25/h6-9,18,26-27H,5,10-12H2,1-4H3. The van der Waals surface area contributed by atoms with Gasteiger partial charge in [0.25, 0.3) is 0 Å². The summed E-state index contributed by atoms with van der Waals surface area (Å²) in [5.41, 5.74) is -0.952. The van der Waals surface area contributed by atoms with Crippen LogP contribution in [0.15, 0.2) is 46.8 Å². The average Bonchev–Trinajstić information content (AvgIpc) is 2.75. The minimum atomic E-state index is -4.71. The van der Waals surface area contributed by atoms with Gasteiger partial charge < -0.3 is 24.8 Å². The van der Waals surface area contributed by atoms with Crippen LogP contribution in [0.5, 0.6) is 0 Å². The number of hydrogen-bond donors (Lipinski definition) is 2. The number of alkyl halides is 3. The van der Waals surface area contributed by atoms with Gasteiger partial charge >= 0.3 is 18.1 Å². The molecule has 0 saturated heterocycles. The lowest BCUT2D eigenvalue weighted by Crippen LogP contribution is -2.35. The molecule has 1 aliphatic heterocycles. The molecule has 0 aromatic heterocycles. The topological polar surface area (TPSA) is 85.9 Å². The highest BCUT2D eigenvalue weighted by molar-refractivity contribution is 6.00. The maximum absolute atomic E-state index is 13.9. The molecule has 1 heterocycles. The summed E-state index contributed by atoms with van der Waals surface area (Å²) in [5.74, 6) is -3.06. The third-order valence-corrected chi connectivity index (χ3v) is 4.87. The summed E-state index contributed by atoms with van der Waals surface area (Å²) >= 11 is 0. The average molecular weight is 456 g/mol. The summed E-state index contributed by atoms with van der Waals surface area (Å²) in [6.07, 6.45) is -4.71. The maximum atomic E-state index is 13.9. The van der Waals surface area contributed by atoms with Crippen molar-refractivity contribution in [3.8, 4) is 0 Å². The van der Waals surface area contributed by atoms with Gasteiger partial charge in [0.15, 0.2) is 0 Å². The molecule has 176 valence electrons. The van der Waals surface area contributed by atoms with Crippen LogP contribution in [0, 0.1) is 0 Å². The first kappa shape index (κ1) is 25.4. The fourth-order valence-electron chi connectivity index (χ4n) is 3.51. The molecule has 0 amide bonds. The van der Waals surface area contributed by atoms with Gasteiger partial charge in [-0.3, -0.25) is 0 Å². The first-order valence-corrected chi connectivity index (χ1v) is 10.0. The molecular weight excluding hydrogens is 429 g/mol. The largest absolute Gasteiger partial charge is 0.466 e. The molecule has 0 spiro atoms. The van der Waals surface area contributed by atoms with E-state index in [0.29, 0.717) is 13.2 Å². The van der Waals surface area contributed by atoms with Crippen molar-refractivity contribution in [3.05, 3.63) is 57.9 Å². The highest BCUT2D eigenvalue weighted by atomic mass is 19.4. The van der Waals surface area contributed by atoms with Crippen LogP contribution in [-0.4, -0.2) is 52.5 Å². The number of likely N-dealkylation sites (N-methyl/N-ethyl adjacent to an activating group) is 1. The number of nitrogens with one attached hydrogen (secondary N) is 2. The van der Waals surface area contributed by atoms with E-state index in [-0.39, 0.29) is 41.3 Å². The van der Waals surface area contributed by atoms with Gasteiger partial charge in [-0.1, -0.05) is 18.2 Å². The predicted molar refractivity (Wildman–Crippen MR) is 110 cm³/mol. The Labute approximate surface area is 184 Å². The molecule has 2 N–H and O–H groups in total. The Morgan fingerprint density at radius 1 is 1.16 bits per heavy atom. The number of methoxy groups -OCH3 is 1. The van der Waals surface area contributed by atoms with Crippen LogP contribution >= 0.6 is 0 Å². The molecule has 0 saturated carbocycles. The predicted octanol–water partition coefficient (Wildman–Crippen LogP) is 2.89. The molecule has 0 aliphatic carbocycles. The van der Waals surface area contributed by atoms with E-state index in [0.717, 1.165) is 13.2 Å². The molecular formula is C22H27F3N2O5. The first-order chi connectivity index (χ1) is 15.2. The summed E-state index contributed by atoms with van der Waals surface area (Å²) < 4.78 is 57.1. The van der Waals surface area contributed by atoms with Crippen molar-refractivity contribution < 1.29 is 37.0 Å². The summed E-state index contributed by atoms with van der Waals surface area (Å²) in [5, 5.41) is 5.85. The van der Waals surface area contributed by atoms with Gasteiger partial charge in [0, 0.05) is 12.2 Å². The lowest BCUT2D eigenvalue weighted by molar-refractivity contribution is -0.141. The van der Waals surface area contributed by atoms with E-state index < -0.39 is 29.6 Å². The van der Waals surface area contributed by atoms with E-state index in [1.165, 1.54) is 25.1 Å². The Balaban J connectivity index is 2.75. The van der Waals surface area contributed by atoms with Crippen LogP contribution in [0.3, 0.4) is 0 Å². The van der Waals surface area contributed by atoms with Gasteiger partial charge in [-0.2, -0.15) is 13.2 Å². The second-order valence-corrected chi connectivity index (χ2v) is 6.94. The smallest absolute Gasteiger partial charge is 0.416 e. The molecule has 0 radical (unpaired) electrons. The number of benzene rings is 1. The van der Waals surface area contributed by atoms with E-state index in [4.69, 9.17) is 14.2 Å². The second kappa shape index (κ2) is 11.1. The van der Waals surface area contributed by atoms with E-state index in [1.54, 1.807) is 14.0 Å². The van der Waals surface area contributed by atoms with Crippen LogP contribution < -0.4 is 10.6 Å². The van der Waals surface area contributed by atoms with Crippen LogP contribution in [0.1, 0.15) is 30.9 Å². The third kappa shape index (κ3) is 5.68. The van der Waals surface area contributed by atoms with Crippen LogP contribution in [0.4, 0.5) is 13.2 Å². The zero-order chi connectivity index (χ0) is 23.9.